The standard InChI is InChI=1S/C55H33N3O/c1-3-17-40-37(13-1)32-49(44-21-7-5-19-42(40)44)34-27-29-35(30-28-34)53-56-54(58-55(57-53)48-25-12-24-47-46-23-9-10-26-51(46)59-52(47)48)39-16-11-15-36(31-39)50-33-38-14-2-4-18-41(38)43-20-6-8-22-45(43)50/h1-33H. The van der Waals surface area contributed by atoms with Crippen molar-refractivity contribution in [3.8, 4) is 56.4 Å². The topological polar surface area (TPSA) is 51.8 Å². The molecule has 59 heavy (non-hydrogen) atoms. The first-order valence-corrected chi connectivity index (χ1v) is 19.9. The third-order valence-electron chi connectivity index (χ3n) is 11.7. The Labute approximate surface area is 339 Å². The highest BCUT2D eigenvalue weighted by Gasteiger charge is 2.19. The minimum Gasteiger partial charge on any atom is -0.455 e. The van der Waals surface area contributed by atoms with Crippen LogP contribution in [-0.2, 0) is 0 Å². The fraction of sp³-hybridized carbons (Fsp3) is 0. The van der Waals surface area contributed by atoms with Gasteiger partial charge in [-0.25, -0.2) is 15.0 Å². The fourth-order valence-corrected chi connectivity index (χ4v) is 8.89. The van der Waals surface area contributed by atoms with E-state index in [1.54, 1.807) is 0 Å². The number of hydrogen-bond acceptors (Lipinski definition) is 4. The molecule has 0 spiro atoms. The van der Waals surface area contributed by atoms with Crippen molar-refractivity contribution in [3.63, 3.8) is 0 Å². The first kappa shape index (κ1) is 33.2. The molecule has 0 saturated heterocycles. The summed E-state index contributed by atoms with van der Waals surface area (Å²) in [5.41, 5.74) is 8.80. The number of fused-ring (bicyclic) bond motifs is 9. The average molecular weight is 752 g/mol. The lowest BCUT2D eigenvalue weighted by Gasteiger charge is -2.13. The van der Waals surface area contributed by atoms with Crippen molar-refractivity contribution in [3.05, 3.63) is 200 Å². The van der Waals surface area contributed by atoms with Gasteiger partial charge in [0.25, 0.3) is 0 Å². The van der Waals surface area contributed by atoms with Crippen LogP contribution in [0.15, 0.2) is 205 Å². The summed E-state index contributed by atoms with van der Waals surface area (Å²) in [7, 11) is 0. The molecule has 274 valence electrons. The van der Waals surface area contributed by atoms with E-state index in [-0.39, 0.29) is 0 Å². The molecule has 0 radical (unpaired) electrons. The van der Waals surface area contributed by atoms with Gasteiger partial charge in [-0.1, -0.05) is 170 Å². The van der Waals surface area contributed by atoms with Crippen molar-refractivity contribution in [2.45, 2.75) is 0 Å². The summed E-state index contributed by atoms with van der Waals surface area (Å²) >= 11 is 0. The lowest BCUT2D eigenvalue weighted by molar-refractivity contribution is 0.669. The van der Waals surface area contributed by atoms with E-state index in [2.05, 4.69) is 176 Å². The second-order valence-electron chi connectivity index (χ2n) is 15.1. The number of nitrogens with zero attached hydrogens (tertiary/aromatic N) is 3. The van der Waals surface area contributed by atoms with Crippen LogP contribution in [0.3, 0.4) is 0 Å². The van der Waals surface area contributed by atoms with Gasteiger partial charge in [-0.2, -0.15) is 0 Å². The Morgan fingerprint density at radius 2 is 0.746 bits per heavy atom. The van der Waals surface area contributed by atoms with Gasteiger partial charge >= 0.3 is 0 Å². The minimum atomic E-state index is 0.556. The van der Waals surface area contributed by atoms with Gasteiger partial charge in [0.05, 0.1) is 5.56 Å². The van der Waals surface area contributed by atoms with Gasteiger partial charge in [-0.15, -0.1) is 0 Å². The highest BCUT2D eigenvalue weighted by atomic mass is 16.3. The highest BCUT2D eigenvalue weighted by molar-refractivity contribution is 6.15. The van der Waals surface area contributed by atoms with E-state index >= 15 is 0 Å². The van der Waals surface area contributed by atoms with Crippen molar-refractivity contribution in [1.29, 1.82) is 0 Å². The van der Waals surface area contributed by atoms with E-state index in [0.29, 0.717) is 17.5 Å². The summed E-state index contributed by atoms with van der Waals surface area (Å²) in [6.45, 7) is 0. The third-order valence-corrected chi connectivity index (χ3v) is 11.7. The molecule has 0 saturated carbocycles. The molecular formula is C55H33N3O. The molecule has 0 atom stereocenters. The summed E-state index contributed by atoms with van der Waals surface area (Å²) in [5, 5.41) is 11.9. The fourth-order valence-electron chi connectivity index (χ4n) is 8.89. The van der Waals surface area contributed by atoms with Crippen molar-refractivity contribution >= 4 is 65.0 Å². The van der Waals surface area contributed by atoms with E-state index in [1.807, 2.05) is 24.3 Å². The Morgan fingerprint density at radius 1 is 0.271 bits per heavy atom. The van der Waals surface area contributed by atoms with Crippen LogP contribution in [-0.4, -0.2) is 15.0 Å². The molecular weight excluding hydrogens is 719 g/mol. The van der Waals surface area contributed by atoms with E-state index in [9.17, 15) is 0 Å². The first-order chi connectivity index (χ1) is 29.2. The molecule has 0 fully saturated rings. The van der Waals surface area contributed by atoms with Gasteiger partial charge in [0, 0.05) is 21.9 Å². The molecule has 4 heteroatoms. The van der Waals surface area contributed by atoms with Crippen LogP contribution in [0, 0.1) is 0 Å². The Bertz CT molecular complexity index is 3620. The normalized spacial score (nSPS) is 11.7. The van der Waals surface area contributed by atoms with Gasteiger partial charge in [0.15, 0.2) is 17.5 Å². The molecule has 0 unspecified atom stereocenters. The Morgan fingerprint density at radius 3 is 1.42 bits per heavy atom. The third kappa shape index (κ3) is 5.49. The van der Waals surface area contributed by atoms with E-state index < -0.39 is 0 Å². The SMILES string of the molecule is c1cc(-c2nc(-c3ccc(-c4cc5ccccc5c5ccccc45)cc3)nc(-c3cccc4c3oc3ccccc34)n2)cc(-c2cc3ccccc3c3ccccc23)c1. The summed E-state index contributed by atoms with van der Waals surface area (Å²) in [4.78, 5) is 15.6. The lowest BCUT2D eigenvalue weighted by atomic mass is 9.92. The van der Waals surface area contributed by atoms with Crippen LogP contribution >= 0.6 is 0 Å². The van der Waals surface area contributed by atoms with Crippen molar-refractivity contribution in [2.24, 2.45) is 0 Å². The van der Waals surface area contributed by atoms with Gasteiger partial charge in [0.1, 0.15) is 11.2 Å². The monoisotopic (exact) mass is 751 g/mol. The van der Waals surface area contributed by atoms with Crippen LogP contribution in [0.25, 0.3) is 121 Å². The Kier molecular flexibility index (Phi) is 7.50. The molecule has 12 rings (SSSR count). The van der Waals surface area contributed by atoms with Crippen LogP contribution in [0.5, 0.6) is 0 Å². The maximum atomic E-state index is 6.51. The number of para-hydroxylation sites is 2. The van der Waals surface area contributed by atoms with Gasteiger partial charge < -0.3 is 4.42 Å². The minimum absolute atomic E-state index is 0.556. The van der Waals surface area contributed by atoms with Crippen molar-refractivity contribution in [1.82, 2.24) is 15.0 Å². The number of rotatable bonds is 5. The van der Waals surface area contributed by atoms with Crippen LogP contribution < -0.4 is 0 Å². The van der Waals surface area contributed by atoms with Crippen LogP contribution in [0.1, 0.15) is 0 Å². The number of hydrogen-bond donors (Lipinski definition) is 0. The highest BCUT2D eigenvalue weighted by Crippen LogP contribution is 2.40. The van der Waals surface area contributed by atoms with Crippen LogP contribution in [0.4, 0.5) is 0 Å². The maximum absolute atomic E-state index is 6.51. The second-order valence-corrected chi connectivity index (χ2v) is 15.1. The van der Waals surface area contributed by atoms with E-state index in [1.165, 1.54) is 54.2 Å². The molecule has 4 nitrogen and oxygen atoms in total. The molecule has 2 aromatic heterocycles. The zero-order chi connectivity index (χ0) is 38.9. The quantitative estimate of drug-likeness (QED) is 0.164. The largest absolute Gasteiger partial charge is 0.455 e. The molecule has 0 aliphatic carbocycles. The van der Waals surface area contributed by atoms with Gasteiger partial charge in [0.2, 0.25) is 0 Å². The molecule has 12 aromatic rings. The summed E-state index contributed by atoms with van der Waals surface area (Å²) in [6, 6.07) is 70.6. The molecule has 0 N–H and O–H groups in total. The molecule has 0 bridgehead atoms. The zero-order valence-corrected chi connectivity index (χ0v) is 31.8. The average Bonchev–Trinajstić information content (AvgIpc) is 3.70. The predicted molar refractivity (Wildman–Crippen MR) is 244 cm³/mol. The second kappa shape index (κ2) is 13.3. The van der Waals surface area contributed by atoms with Crippen LogP contribution in [0.2, 0.25) is 0 Å². The summed E-state index contributed by atoms with van der Waals surface area (Å²) in [5.74, 6) is 1.74. The molecule has 2 heterocycles. The number of furan rings is 1. The van der Waals surface area contributed by atoms with Crippen molar-refractivity contribution < 1.29 is 4.42 Å². The Hall–Kier alpha value is -7.95. The number of aromatic nitrogens is 3. The molecule has 10 aromatic carbocycles. The number of benzene rings is 10. The predicted octanol–water partition coefficient (Wildman–Crippen LogP) is 14.7. The first-order valence-electron chi connectivity index (χ1n) is 19.9. The summed E-state index contributed by atoms with van der Waals surface area (Å²) < 4.78 is 6.51. The smallest absolute Gasteiger partial charge is 0.167 e. The zero-order valence-electron chi connectivity index (χ0n) is 31.8. The van der Waals surface area contributed by atoms with Gasteiger partial charge in [-0.3, -0.25) is 0 Å². The molecule has 0 aliphatic heterocycles. The Balaban J connectivity index is 1.03. The van der Waals surface area contributed by atoms with E-state index in [4.69, 9.17) is 19.4 Å². The van der Waals surface area contributed by atoms with Crippen molar-refractivity contribution in [2.75, 3.05) is 0 Å². The maximum Gasteiger partial charge on any atom is 0.167 e. The lowest BCUT2D eigenvalue weighted by Crippen LogP contribution is -2.00. The molecule has 0 amide bonds. The molecule has 0 aliphatic rings. The van der Waals surface area contributed by atoms with Gasteiger partial charge in [-0.05, 0) is 95.7 Å². The summed E-state index contributed by atoms with van der Waals surface area (Å²) in [6.07, 6.45) is 0. The van der Waals surface area contributed by atoms with E-state index in [0.717, 1.165) is 49.8 Å².